The average molecular weight is 199 g/mol. The van der Waals surface area contributed by atoms with Crippen LogP contribution in [-0.4, -0.2) is 44.0 Å². The SMILES string of the molecule is CCC(=O)CN(C)CC1CCCOC1. The summed E-state index contributed by atoms with van der Waals surface area (Å²) in [5.41, 5.74) is 0. The summed E-state index contributed by atoms with van der Waals surface area (Å²) in [6, 6.07) is 0. The topological polar surface area (TPSA) is 29.5 Å². The van der Waals surface area contributed by atoms with Crippen LogP contribution in [0.2, 0.25) is 0 Å². The fraction of sp³-hybridized carbons (Fsp3) is 0.909. The maximum atomic E-state index is 11.2. The van der Waals surface area contributed by atoms with Gasteiger partial charge in [-0.3, -0.25) is 9.69 Å². The number of hydrogen-bond acceptors (Lipinski definition) is 3. The minimum atomic E-state index is 0.323. The Morgan fingerprint density at radius 1 is 1.57 bits per heavy atom. The van der Waals surface area contributed by atoms with Gasteiger partial charge in [0.1, 0.15) is 5.78 Å². The number of rotatable bonds is 5. The summed E-state index contributed by atoms with van der Waals surface area (Å²) in [6.07, 6.45) is 3.05. The highest BCUT2D eigenvalue weighted by Gasteiger charge is 2.16. The van der Waals surface area contributed by atoms with Crippen molar-refractivity contribution in [3.63, 3.8) is 0 Å². The number of nitrogens with zero attached hydrogens (tertiary/aromatic N) is 1. The molecule has 1 aliphatic rings. The number of carbonyl (C=O) groups is 1. The van der Waals surface area contributed by atoms with Gasteiger partial charge >= 0.3 is 0 Å². The van der Waals surface area contributed by atoms with Gasteiger partial charge in [0.2, 0.25) is 0 Å². The molecule has 1 aliphatic heterocycles. The standard InChI is InChI=1S/C11H21NO2/c1-3-11(13)8-12(2)7-10-5-4-6-14-9-10/h10H,3-9H2,1-2H3. The summed E-state index contributed by atoms with van der Waals surface area (Å²) in [4.78, 5) is 13.3. The van der Waals surface area contributed by atoms with E-state index in [1.807, 2.05) is 14.0 Å². The molecule has 1 unspecified atom stereocenters. The van der Waals surface area contributed by atoms with Gasteiger partial charge in [-0.15, -0.1) is 0 Å². The van der Waals surface area contributed by atoms with Gasteiger partial charge in [0.15, 0.2) is 0 Å². The number of Topliss-reactive ketones (excluding diaryl/α,β-unsaturated/α-hetero) is 1. The van der Waals surface area contributed by atoms with Crippen molar-refractivity contribution in [1.82, 2.24) is 4.90 Å². The Morgan fingerprint density at radius 2 is 2.36 bits per heavy atom. The lowest BCUT2D eigenvalue weighted by atomic mass is 10.0. The van der Waals surface area contributed by atoms with Crippen molar-refractivity contribution in [3.8, 4) is 0 Å². The van der Waals surface area contributed by atoms with Crippen molar-refractivity contribution in [2.45, 2.75) is 26.2 Å². The lowest BCUT2D eigenvalue weighted by Crippen LogP contribution is -2.34. The second-order valence-corrected chi connectivity index (χ2v) is 4.17. The van der Waals surface area contributed by atoms with Crippen LogP contribution in [0.1, 0.15) is 26.2 Å². The maximum absolute atomic E-state index is 11.2. The molecule has 0 amide bonds. The van der Waals surface area contributed by atoms with Crippen LogP contribution < -0.4 is 0 Å². The molecule has 82 valence electrons. The molecule has 1 fully saturated rings. The Morgan fingerprint density at radius 3 is 2.93 bits per heavy atom. The molecule has 0 radical (unpaired) electrons. The molecule has 0 aliphatic carbocycles. The molecule has 0 aromatic heterocycles. The van der Waals surface area contributed by atoms with Crippen LogP contribution in [0.3, 0.4) is 0 Å². The summed E-state index contributed by atoms with van der Waals surface area (Å²) in [6.45, 7) is 5.28. The van der Waals surface area contributed by atoms with E-state index in [0.717, 1.165) is 19.8 Å². The third-order valence-corrected chi connectivity index (χ3v) is 2.67. The van der Waals surface area contributed by atoms with Crippen molar-refractivity contribution in [2.24, 2.45) is 5.92 Å². The first-order valence-electron chi connectivity index (χ1n) is 5.50. The molecule has 0 bridgehead atoms. The van der Waals surface area contributed by atoms with Crippen LogP contribution in [0.4, 0.5) is 0 Å². The molecule has 1 rings (SSSR count). The van der Waals surface area contributed by atoms with Crippen LogP contribution in [0, 0.1) is 5.92 Å². The number of ketones is 1. The van der Waals surface area contributed by atoms with E-state index in [4.69, 9.17) is 4.74 Å². The van der Waals surface area contributed by atoms with E-state index >= 15 is 0 Å². The van der Waals surface area contributed by atoms with Crippen LogP contribution >= 0.6 is 0 Å². The molecule has 1 saturated heterocycles. The average Bonchev–Trinajstić information content (AvgIpc) is 2.19. The predicted molar refractivity (Wildman–Crippen MR) is 56.3 cm³/mol. The Labute approximate surface area is 86.4 Å². The zero-order chi connectivity index (χ0) is 10.4. The summed E-state index contributed by atoms with van der Waals surface area (Å²) in [5.74, 6) is 0.947. The van der Waals surface area contributed by atoms with Gasteiger partial charge in [-0.05, 0) is 25.8 Å². The molecule has 0 spiro atoms. The number of ether oxygens (including phenoxy) is 1. The molecule has 1 heterocycles. The highest BCUT2D eigenvalue weighted by molar-refractivity contribution is 5.80. The zero-order valence-corrected chi connectivity index (χ0v) is 9.29. The largest absolute Gasteiger partial charge is 0.381 e. The fourth-order valence-corrected chi connectivity index (χ4v) is 1.87. The van der Waals surface area contributed by atoms with Crippen molar-refractivity contribution in [2.75, 3.05) is 33.4 Å². The zero-order valence-electron chi connectivity index (χ0n) is 9.29. The number of carbonyl (C=O) groups excluding carboxylic acids is 1. The van der Waals surface area contributed by atoms with E-state index in [0.29, 0.717) is 24.7 Å². The minimum absolute atomic E-state index is 0.323. The first-order valence-corrected chi connectivity index (χ1v) is 5.50. The van der Waals surface area contributed by atoms with E-state index in [1.54, 1.807) is 0 Å². The Balaban J connectivity index is 2.18. The first kappa shape index (κ1) is 11.7. The highest BCUT2D eigenvalue weighted by atomic mass is 16.5. The molecule has 0 aromatic rings. The van der Waals surface area contributed by atoms with Gasteiger partial charge in [0.05, 0.1) is 13.2 Å². The van der Waals surface area contributed by atoms with Crippen LogP contribution in [0.25, 0.3) is 0 Å². The molecule has 14 heavy (non-hydrogen) atoms. The highest BCUT2D eigenvalue weighted by Crippen LogP contribution is 2.14. The quantitative estimate of drug-likeness (QED) is 0.669. The van der Waals surface area contributed by atoms with Crippen LogP contribution in [-0.2, 0) is 9.53 Å². The van der Waals surface area contributed by atoms with Gasteiger partial charge in [0.25, 0.3) is 0 Å². The second kappa shape index (κ2) is 6.14. The van der Waals surface area contributed by atoms with E-state index in [2.05, 4.69) is 4.90 Å². The summed E-state index contributed by atoms with van der Waals surface area (Å²) in [5, 5.41) is 0. The normalized spacial score (nSPS) is 22.6. The molecule has 0 aromatic carbocycles. The second-order valence-electron chi connectivity index (χ2n) is 4.17. The summed E-state index contributed by atoms with van der Waals surface area (Å²) in [7, 11) is 2.02. The van der Waals surface area contributed by atoms with E-state index in [-0.39, 0.29) is 0 Å². The Bertz CT molecular complexity index is 176. The van der Waals surface area contributed by atoms with Gasteiger partial charge in [-0.2, -0.15) is 0 Å². The molecule has 3 nitrogen and oxygen atoms in total. The van der Waals surface area contributed by atoms with Crippen molar-refractivity contribution >= 4 is 5.78 Å². The molecular weight excluding hydrogens is 178 g/mol. The third-order valence-electron chi connectivity index (χ3n) is 2.67. The lowest BCUT2D eigenvalue weighted by Gasteiger charge is -2.26. The predicted octanol–water partition coefficient (Wildman–Crippen LogP) is 1.32. The molecule has 1 atom stereocenters. The van der Waals surface area contributed by atoms with E-state index in [1.165, 1.54) is 12.8 Å². The van der Waals surface area contributed by atoms with Crippen LogP contribution in [0.15, 0.2) is 0 Å². The molecule has 0 N–H and O–H groups in total. The van der Waals surface area contributed by atoms with Gasteiger partial charge in [0, 0.05) is 19.6 Å². The van der Waals surface area contributed by atoms with Gasteiger partial charge in [-0.1, -0.05) is 6.92 Å². The maximum Gasteiger partial charge on any atom is 0.146 e. The summed E-state index contributed by atoms with van der Waals surface area (Å²) < 4.78 is 5.40. The smallest absolute Gasteiger partial charge is 0.146 e. The third kappa shape index (κ3) is 4.20. The molecule has 0 saturated carbocycles. The summed E-state index contributed by atoms with van der Waals surface area (Å²) >= 11 is 0. The fourth-order valence-electron chi connectivity index (χ4n) is 1.87. The Hall–Kier alpha value is -0.410. The monoisotopic (exact) mass is 199 g/mol. The van der Waals surface area contributed by atoms with E-state index in [9.17, 15) is 4.79 Å². The van der Waals surface area contributed by atoms with Crippen molar-refractivity contribution in [3.05, 3.63) is 0 Å². The van der Waals surface area contributed by atoms with Crippen LogP contribution in [0.5, 0.6) is 0 Å². The molecule has 3 heteroatoms. The number of likely N-dealkylation sites (N-methyl/N-ethyl adjacent to an activating group) is 1. The number of hydrogen-bond donors (Lipinski definition) is 0. The first-order chi connectivity index (χ1) is 6.72. The lowest BCUT2D eigenvalue weighted by molar-refractivity contribution is -0.119. The van der Waals surface area contributed by atoms with Gasteiger partial charge < -0.3 is 4.74 Å². The van der Waals surface area contributed by atoms with E-state index < -0.39 is 0 Å². The van der Waals surface area contributed by atoms with Crippen molar-refractivity contribution < 1.29 is 9.53 Å². The molecular formula is C11H21NO2. The Kier molecular flexibility index (Phi) is 5.12. The van der Waals surface area contributed by atoms with Crippen molar-refractivity contribution in [1.29, 1.82) is 0 Å². The van der Waals surface area contributed by atoms with Gasteiger partial charge in [-0.25, -0.2) is 0 Å². The minimum Gasteiger partial charge on any atom is -0.381 e.